The Morgan fingerprint density at radius 1 is 0.521 bits per heavy atom. The third-order valence-electron chi connectivity index (χ3n) is 13.8. The minimum atomic E-state index is -1.42. The molecule has 0 fully saturated rings. The van der Waals surface area contributed by atoms with Gasteiger partial charge in [0.2, 0.25) is 0 Å². The molecule has 8 rings (SSSR count). The maximum Gasteiger partial charge on any atom is 0.260 e. The highest BCUT2D eigenvalue weighted by Crippen LogP contribution is 2.45. The van der Waals surface area contributed by atoms with Crippen molar-refractivity contribution in [2.24, 2.45) is 0 Å². The number of nitrogens with zero attached hydrogens (tertiary/aromatic N) is 4. The van der Waals surface area contributed by atoms with E-state index in [1.807, 2.05) is 60.9 Å². The van der Waals surface area contributed by atoms with Crippen molar-refractivity contribution in [2.75, 3.05) is 78.1 Å². The van der Waals surface area contributed by atoms with Crippen LogP contribution in [-0.2, 0) is 9.47 Å². The maximum atomic E-state index is 14.5. The van der Waals surface area contributed by atoms with E-state index in [0.29, 0.717) is 78.0 Å². The van der Waals surface area contributed by atoms with Gasteiger partial charge in [0.15, 0.2) is 23.0 Å². The maximum absolute atomic E-state index is 14.5. The molecule has 392 valence electrons. The van der Waals surface area contributed by atoms with Crippen LogP contribution in [0, 0.1) is 0 Å². The van der Waals surface area contributed by atoms with Crippen LogP contribution in [0.1, 0.15) is 51.1 Å². The molecule has 4 aromatic carbocycles. The number of carbonyl (C=O) groups excluding carboxylic acids is 2. The minimum Gasteiger partial charge on any atom is -0.497 e. The largest absolute Gasteiger partial charge is 0.497 e. The molecule has 16 nitrogen and oxygen atoms in total. The summed E-state index contributed by atoms with van der Waals surface area (Å²) in [7, 11) is 3.45. The SMILES string of the molecule is COc1ccc(C2=CN3C(=O)c4cc(OC)c(OCCCOc5cc6c(cc5OC)C(=O)N5C=C(c7ccc(OC)cc7)C[C@H]5C(O)N6COCC[Si](C)(C)C)cc4N(COCC[Si](C)(C)C)C(O)C3C2)cc1. The molecule has 73 heavy (non-hydrogen) atoms. The number of benzene rings is 4. The Balaban J connectivity index is 1.01. The summed E-state index contributed by atoms with van der Waals surface area (Å²) in [6.07, 6.45) is 2.71. The lowest BCUT2D eigenvalue weighted by Crippen LogP contribution is -2.48. The van der Waals surface area contributed by atoms with Gasteiger partial charge in [-0.15, -0.1) is 0 Å². The summed E-state index contributed by atoms with van der Waals surface area (Å²) in [6, 6.07) is 22.9. The van der Waals surface area contributed by atoms with Gasteiger partial charge in [-0.05, 0) is 83.6 Å². The Morgan fingerprint density at radius 2 is 0.904 bits per heavy atom. The van der Waals surface area contributed by atoms with Crippen molar-refractivity contribution in [2.45, 2.75) is 95.2 Å². The number of aliphatic hydroxyl groups is 2. The molecule has 0 aliphatic carbocycles. The molecule has 4 heterocycles. The third kappa shape index (κ3) is 12.0. The number of hydrogen-bond acceptors (Lipinski definition) is 14. The van der Waals surface area contributed by atoms with Gasteiger partial charge in [0.1, 0.15) is 37.4 Å². The Hall–Kier alpha value is -6.03. The highest BCUT2D eigenvalue weighted by atomic mass is 28.3. The van der Waals surface area contributed by atoms with Crippen LogP contribution in [0.2, 0.25) is 51.4 Å². The molecular formula is C55H72N4O12Si2. The number of methoxy groups -OCH3 is 4. The highest BCUT2D eigenvalue weighted by Gasteiger charge is 2.45. The van der Waals surface area contributed by atoms with Crippen molar-refractivity contribution in [1.29, 1.82) is 0 Å². The van der Waals surface area contributed by atoms with Crippen LogP contribution in [-0.4, -0.2) is 141 Å². The van der Waals surface area contributed by atoms with Crippen LogP contribution in [0.25, 0.3) is 11.1 Å². The Bertz CT molecular complexity index is 2490. The van der Waals surface area contributed by atoms with Crippen LogP contribution in [0.4, 0.5) is 11.4 Å². The Morgan fingerprint density at radius 3 is 1.25 bits per heavy atom. The summed E-state index contributed by atoms with van der Waals surface area (Å²) in [5, 5.41) is 24.4. The fourth-order valence-electron chi connectivity index (χ4n) is 9.43. The fourth-order valence-corrected chi connectivity index (χ4v) is 10.9. The van der Waals surface area contributed by atoms with Crippen LogP contribution in [0.15, 0.2) is 85.2 Å². The lowest BCUT2D eigenvalue weighted by atomic mass is 10.0. The summed E-state index contributed by atoms with van der Waals surface area (Å²) < 4.78 is 47.7. The molecule has 4 aliphatic rings. The molecular weight excluding hydrogens is 965 g/mol. The molecule has 0 spiro atoms. The molecule has 4 atom stereocenters. The summed E-state index contributed by atoms with van der Waals surface area (Å²) in [4.78, 5) is 35.8. The fraction of sp³-hybridized carbons (Fsp3) is 0.455. The summed E-state index contributed by atoms with van der Waals surface area (Å²) in [5.41, 5.74) is 5.35. The van der Waals surface area contributed by atoms with Crippen molar-refractivity contribution in [3.05, 3.63) is 107 Å². The van der Waals surface area contributed by atoms with Gasteiger partial charge in [0.05, 0.1) is 76.2 Å². The summed E-state index contributed by atoms with van der Waals surface area (Å²) in [6.45, 7) is 15.3. The number of anilines is 2. The molecule has 18 heteroatoms. The van der Waals surface area contributed by atoms with E-state index in [2.05, 4.69) is 39.3 Å². The molecule has 3 unspecified atom stereocenters. The number of fused-ring (bicyclic) bond motifs is 4. The predicted molar refractivity (Wildman–Crippen MR) is 288 cm³/mol. The molecule has 0 aromatic heterocycles. The monoisotopic (exact) mass is 1040 g/mol. The predicted octanol–water partition coefficient (Wildman–Crippen LogP) is 8.98. The van der Waals surface area contributed by atoms with Crippen LogP contribution < -0.4 is 38.2 Å². The van der Waals surface area contributed by atoms with Gasteiger partial charge >= 0.3 is 0 Å². The van der Waals surface area contributed by atoms with Gasteiger partial charge in [-0.25, -0.2) is 0 Å². The van der Waals surface area contributed by atoms with Crippen LogP contribution >= 0.6 is 0 Å². The average molecular weight is 1040 g/mol. The first-order chi connectivity index (χ1) is 34.9. The molecule has 4 aromatic rings. The normalized spacial score (nSPS) is 19.6. The van der Waals surface area contributed by atoms with E-state index in [0.717, 1.165) is 45.9 Å². The first kappa shape index (κ1) is 53.3. The van der Waals surface area contributed by atoms with Crippen molar-refractivity contribution in [3.63, 3.8) is 0 Å². The number of amides is 2. The molecule has 0 saturated heterocycles. The minimum absolute atomic E-state index is 0.0567. The smallest absolute Gasteiger partial charge is 0.260 e. The second-order valence-electron chi connectivity index (χ2n) is 21.3. The van der Waals surface area contributed by atoms with E-state index < -0.39 is 40.7 Å². The second-order valence-corrected chi connectivity index (χ2v) is 32.5. The van der Waals surface area contributed by atoms with Gasteiger partial charge in [-0.2, -0.15) is 0 Å². The molecule has 0 radical (unpaired) electrons. The van der Waals surface area contributed by atoms with E-state index in [4.69, 9.17) is 37.9 Å². The van der Waals surface area contributed by atoms with E-state index in [9.17, 15) is 19.8 Å². The van der Waals surface area contributed by atoms with Gasteiger partial charge in [0.25, 0.3) is 11.8 Å². The zero-order chi connectivity index (χ0) is 52.2. The van der Waals surface area contributed by atoms with E-state index >= 15 is 0 Å². The van der Waals surface area contributed by atoms with Crippen molar-refractivity contribution >= 4 is 50.5 Å². The lowest BCUT2D eigenvalue weighted by Gasteiger charge is -2.34. The van der Waals surface area contributed by atoms with Gasteiger partial charge in [0, 0.05) is 60.3 Å². The second kappa shape index (κ2) is 22.6. The van der Waals surface area contributed by atoms with Gasteiger partial charge < -0.3 is 67.7 Å². The summed E-state index contributed by atoms with van der Waals surface area (Å²) >= 11 is 0. The van der Waals surface area contributed by atoms with Crippen molar-refractivity contribution in [1.82, 2.24) is 9.80 Å². The Labute approximate surface area is 431 Å². The van der Waals surface area contributed by atoms with E-state index in [-0.39, 0.29) is 38.5 Å². The zero-order valence-electron chi connectivity index (χ0n) is 43.9. The molecule has 2 N–H and O–H groups in total. The van der Waals surface area contributed by atoms with Crippen LogP contribution in [0.3, 0.4) is 0 Å². The standard InChI is InChI=1S/C55H72N4O12Si2/c1-64-40-16-12-36(13-17-40)38-26-46-54(62)58(34-68-22-24-72(5,6)7)44-30-50(48(66-3)28-42(44)52(60)56(46)32-38)70-20-11-21-71-51-31-45-43(29-49(51)67-4)53(61)57-33-39(37-14-18-41(65-2)19-15-37)27-47(57)55(63)59(45)35-69-23-25-73(8,9)10/h12-19,28-33,46-47,54-55,62-63H,11,20-27,34-35H2,1-10H3/t46-,47?,54?,55?/m0/s1. The number of aliphatic hydroxyl groups excluding tert-OH is 2. The number of hydrogen-bond donors (Lipinski definition) is 2. The molecule has 4 aliphatic heterocycles. The molecule has 2 amide bonds. The van der Waals surface area contributed by atoms with Gasteiger partial charge in [-0.1, -0.05) is 63.5 Å². The number of rotatable bonds is 22. The van der Waals surface area contributed by atoms with Gasteiger partial charge in [-0.3, -0.25) is 9.59 Å². The molecule has 0 bridgehead atoms. The number of carbonyl (C=O) groups is 2. The average Bonchev–Trinajstić information content (AvgIpc) is 4.01. The van der Waals surface area contributed by atoms with Crippen molar-refractivity contribution in [3.8, 4) is 34.5 Å². The topological polar surface area (TPSA) is 161 Å². The number of ether oxygens (including phenoxy) is 8. The van der Waals surface area contributed by atoms with E-state index in [1.54, 1.807) is 58.1 Å². The highest BCUT2D eigenvalue weighted by molar-refractivity contribution is 6.76. The summed E-state index contributed by atoms with van der Waals surface area (Å²) in [5.74, 6) is 2.38. The van der Waals surface area contributed by atoms with Crippen molar-refractivity contribution < 1.29 is 57.7 Å². The first-order valence-electron chi connectivity index (χ1n) is 25.0. The lowest BCUT2D eigenvalue weighted by molar-refractivity contribution is 0.0425. The third-order valence-corrected chi connectivity index (χ3v) is 17.2. The van der Waals surface area contributed by atoms with Crippen LogP contribution in [0.5, 0.6) is 34.5 Å². The molecule has 0 saturated carbocycles. The quantitative estimate of drug-likeness (QED) is 0.0567. The van der Waals surface area contributed by atoms with E-state index in [1.165, 1.54) is 14.2 Å². The zero-order valence-corrected chi connectivity index (χ0v) is 45.9. The first-order valence-corrected chi connectivity index (χ1v) is 32.4. The Kier molecular flexibility index (Phi) is 16.5.